The Morgan fingerprint density at radius 2 is 1.72 bits per heavy atom. The molecule has 0 saturated heterocycles. The number of methoxy groups -OCH3 is 3. The molecule has 0 spiro atoms. The van der Waals surface area contributed by atoms with E-state index < -0.39 is 16.1 Å². The van der Waals surface area contributed by atoms with Crippen molar-refractivity contribution in [3.63, 3.8) is 0 Å². The van der Waals surface area contributed by atoms with E-state index in [4.69, 9.17) is 23.3 Å². The Labute approximate surface area is 182 Å². The number of sulfonamides is 1. The third-order valence-electron chi connectivity index (χ3n) is 4.75. The molecule has 0 aliphatic carbocycles. The molecule has 0 fully saturated rings. The van der Waals surface area contributed by atoms with Crippen LogP contribution >= 0.6 is 0 Å². The van der Waals surface area contributed by atoms with E-state index in [1.807, 2.05) is 0 Å². The zero-order valence-corrected chi connectivity index (χ0v) is 18.0. The highest BCUT2D eigenvalue weighted by atomic mass is 32.2. The van der Waals surface area contributed by atoms with Gasteiger partial charge in [-0.15, -0.1) is 0 Å². The molecule has 0 radical (unpaired) electrons. The number of hydrogen-bond acceptors (Lipinski definition) is 10. The maximum atomic E-state index is 13.2. The Morgan fingerprint density at radius 1 is 1.03 bits per heavy atom. The minimum absolute atomic E-state index is 0.0933. The second kappa shape index (κ2) is 8.40. The zero-order chi connectivity index (χ0) is 22.9. The SMILES string of the molecule is COc1cccc(OC)c1S(=O)(=O)Nc1noc2cc(C(O)c3cnoc3)cc(OC)c12. The Hall–Kier alpha value is -3.77. The molecule has 4 rings (SSSR count). The number of aliphatic hydroxyl groups excluding tert-OH is 1. The number of nitrogens with zero attached hydrogens (tertiary/aromatic N) is 2. The van der Waals surface area contributed by atoms with Crippen LogP contribution in [0.5, 0.6) is 17.2 Å². The van der Waals surface area contributed by atoms with E-state index in [0.717, 1.165) is 0 Å². The molecule has 0 aliphatic heterocycles. The summed E-state index contributed by atoms with van der Waals surface area (Å²) in [5, 5.41) is 18.3. The van der Waals surface area contributed by atoms with Gasteiger partial charge in [0.2, 0.25) is 0 Å². The summed E-state index contributed by atoms with van der Waals surface area (Å²) in [7, 11) is -0.0898. The molecule has 168 valence electrons. The molecular weight excluding hydrogens is 442 g/mol. The zero-order valence-electron chi connectivity index (χ0n) is 17.2. The molecule has 1 unspecified atom stereocenters. The van der Waals surface area contributed by atoms with Gasteiger partial charge in [0.15, 0.2) is 16.3 Å². The molecule has 11 nitrogen and oxygen atoms in total. The number of anilines is 1. The highest BCUT2D eigenvalue weighted by Crippen LogP contribution is 2.39. The van der Waals surface area contributed by atoms with E-state index in [9.17, 15) is 13.5 Å². The summed E-state index contributed by atoms with van der Waals surface area (Å²) in [4.78, 5) is -0.195. The molecule has 1 atom stereocenters. The van der Waals surface area contributed by atoms with Gasteiger partial charge in [-0.1, -0.05) is 16.4 Å². The van der Waals surface area contributed by atoms with Crippen molar-refractivity contribution in [1.29, 1.82) is 0 Å². The molecule has 2 N–H and O–H groups in total. The van der Waals surface area contributed by atoms with E-state index in [1.54, 1.807) is 12.1 Å². The van der Waals surface area contributed by atoms with Gasteiger partial charge in [-0.2, -0.15) is 0 Å². The summed E-state index contributed by atoms with van der Waals surface area (Å²) in [6.07, 6.45) is 1.62. The van der Waals surface area contributed by atoms with Crippen LogP contribution in [0.25, 0.3) is 11.0 Å². The number of aromatic nitrogens is 2. The Bertz CT molecular complexity index is 1330. The summed E-state index contributed by atoms with van der Waals surface area (Å²) >= 11 is 0. The second-order valence-electron chi connectivity index (χ2n) is 6.58. The van der Waals surface area contributed by atoms with Crippen molar-refractivity contribution in [3.05, 3.63) is 53.9 Å². The van der Waals surface area contributed by atoms with Crippen LogP contribution in [0.3, 0.4) is 0 Å². The molecular formula is C20H19N3O8S. The quantitative estimate of drug-likeness (QED) is 0.401. The first-order valence-electron chi connectivity index (χ1n) is 9.18. The first kappa shape index (κ1) is 21.5. The normalized spacial score (nSPS) is 12.5. The van der Waals surface area contributed by atoms with Crippen LogP contribution in [-0.2, 0) is 10.0 Å². The lowest BCUT2D eigenvalue weighted by Gasteiger charge is -2.14. The van der Waals surface area contributed by atoms with Crippen molar-refractivity contribution < 1.29 is 36.8 Å². The molecule has 12 heteroatoms. The van der Waals surface area contributed by atoms with Gasteiger partial charge in [-0.25, -0.2) is 8.42 Å². The fourth-order valence-electron chi connectivity index (χ4n) is 3.25. The van der Waals surface area contributed by atoms with E-state index >= 15 is 0 Å². The van der Waals surface area contributed by atoms with Gasteiger partial charge in [0.05, 0.1) is 27.5 Å². The topological polar surface area (TPSA) is 146 Å². The maximum absolute atomic E-state index is 13.2. The van der Waals surface area contributed by atoms with Crippen LogP contribution in [0.2, 0.25) is 0 Å². The lowest BCUT2D eigenvalue weighted by molar-refractivity contribution is 0.218. The van der Waals surface area contributed by atoms with Crippen molar-refractivity contribution in [2.45, 2.75) is 11.0 Å². The molecule has 0 saturated carbocycles. The van der Waals surface area contributed by atoms with Crippen LogP contribution in [0, 0.1) is 0 Å². The van der Waals surface area contributed by atoms with E-state index in [1.165, 1.54) is 52.0 Å². The van der Waals surface area contributed by atoms with Crippen LogP contribution in [0.4, 0.5) is 5.82 Å². The average Bonchev–Trinajstić information content (AvgIpc) is 3.47. The largest absolute Gasteiger partial charge is 0.496 e. The van der Waals surface area contributed by atoms with Gasteiger partial charge in [0, 0.05) is 5.56 Å². The predicted octanol–water partition coefficient (Wildman–Crippen LogP) is 2.72. The molecule has 2 heterocycles. The van der Waals surface area contributed by atoms with Crippen molar-refractivity contribution >= 4 is 26.8 Å². The smallest absolute Gasteiger partial charge is 0.270 e. The summed E-state index contributed by atoms with van der Waals surface area (Å²) in [5.41, 5.74) is 1.03. The minimum Gasteiger partial charge on any atom is -0.496 e. The second-order valence-corrected chi connectivity index (χ2v) is 8.20. The Morgan fingerprint density at radius 3 is 2.31 bits per heavy atom. The molecule has 32 heavy (non-hydrogen) atoms. The monoisotopic (exact) mass is 461 g/mol. The van der Waals surface area contributed by atoms with Crippen LogP contribution in [-0.4, -0.2) is 45.2 Å². The third-order valence-corrected chi connectivity index (χ3v) is 6.15. The molecule has 2 aromatic heterocycles. The fourth-order valence-corrected chi connectivity index (χ4v) is 4.57. The van der Waals surface area contributed by atoms with Gasteiger partial charge in [0.25, 0.3) is 10.0 Å². The highest BCUT2D eigenvalue weighted by Gasteiger charge is 2.28. The van der Waals surface area contributed by atoms with E-state index in [2.05, 4.69) is 15.0 Å². The van der Waals surface area contributed by atoms with Gasteiger partial charge in [-0.05, 0) is 29.8 Å². The Kier molecular flexibility index (Phi) is 5.63. The number of fused-ring (bicyclic) bond motifs is 1. The fraction of sp³-hybridized carbons (Fsp3) is 0.200. The van der Waals surface area contributed by atoms with E-state index in [-0.39, 0.29) is 38.9 Å². The van der Waals surface area contributed by atoms with E-state index in [0.29, 0.717) is 11.1 Å². The molecule has 4 aromatic rings. The summed E-state index contributed by atoms with van der Waals surface area (Å²) in [6.45, 7) is 0. The molecule has 0 bridgehead atoms. The summed E-state index contributed by atoms with van der Waals surface area (Å²) < 4.78 is 54.7. The number of aliphatic hydroxyl groups is 1. The molecule has 0 aliphatic rings. The number of ether oxygens (including phenoxy) is 3. The van der Waals surface area contributed by atoms with Gasteiger partial charge >= 0.3 is 0 Å². The van der Waals surface area contributed by atoms with Gasteiger partial charge in [-0.3, -0.25) is 4.72 Å². The first-order chi connectivity index (χ1) is 15.4. The predicted molar refractivity (Wildman–Crippen MR) is 111 cm³/mol. The van der Waals surface area contributed by atoms with Crippen LogP contribution in [0.1, 0.15) is 17.2 Å². The lowest BCUT2D eigenvalue weighted by Crippen LogP contribution is -2.15. The standard InChI is InChI=1S/C20H19N3O8S/c1-27-13-5-4-6-14(28-2)19(13)32(25,26)23-20-17-15(29-3)7-11(8-16(17)31-22-20)18(24)12-9-21-30-10-12/h4-10,18,24H,1-3H3,(H,22,23). The number of benzene rings is 2. The molecule has 2 aromatic carbocycles. The van der Waals surface area contributed by atoms with Crippen LogP contribution < -0.4 is 18.9 Å². The van der Waals surface area contributed by atoms with Crippen molar-refractivity contribution in [3.8, 4) is 17.2 Å². The third kappa shape index (κ3) is 3.69. The van der Waals surface area contributed by atoms with Crippen molar-refractivity contribution in [2.24, 2.45) is 0 Å². The van der Waals surface area contributed by atoms with Crippen molar-refractivity contribution in [2.75, 3.05) is 26.1 Å². The van der Waals surface area contributed by atoms with Crippen molar-refractivity contribution in [1.82, 2.24) is 10.3 Å². The first-order valence-corrected chi connectivity index (χ1v) is 10.7. The lowest BCUT2D eigenvalue weighted by atomic mass is 10.0. The summed E-state index contributed by atoms with van der Waals surface area (Å²) in [5.74, 6) is 0.321. The van der Waals surface area contributed by atoms with Gasteiger partial charge < -0.3 is 28.4 Å². The van der Waals surface area contributed by atoms with Gasteiger partial charge in [0.1, 0.15) is 35.0 Å². The molecule has 0 amide bonds. The summed E-state index contributed by atoms with van der Waals surface area (Å²) in [6, 6.07) is 7.66. The number of rotatable bonds is 8. The highest BCUT2D eigenvalue weighted by molar-refractivity contribution is 7.93. The number of hydrogen-bond donors (Lipinski definition) is 2. The Balaban J connectivity index is 1.78. The minimum atomic E-state index is -4.20. The number of nitrogens with one attached hydrogen (secondary N) is 1. The average molecular weight is 461 g/mol. The van der Waals surface area contributed by atoms with Crippen LogP contribution in [0.15, 0.2) is 56.7 Å². The maximum Gasteiger partial charge on any atom is 0.270 e.